The number of rotatable bonds is 9. The lowest BCUT2D eigenvalue weighted by molar-refractivity contribution is -0.119. The Morgan fingerprint density at radius 3 is 2.65 bits per heavy atom. The molecule has 0 radical (unpaired) electrons. The number of pyridine rings is 1. The van der Waals surface area contributed by atoms with E-state index in [1.54, 1.807) is 13.3 Å². The number of hydrogen-bond acceptors (Lipinski definition) is 4. The molecule has 0 N–H and O–H groups in total. The van der Waals surface area contributed by atoms with Crippen molar-refractivity contribution in [2.45, 2.75) is 50.9 Å². The Hall–Kier alpha value is -2.40. The van der Waals surface area contributed by atoms with Crippen molar-refractivity contribution >= 4 is 11.7 Å². The zero-order valence-corrected chi connectivity index (χ0v) is 18.7. The number of amides is 1. The third-order valence-electron chi connectivity index (χ3n) is 6.97. The first-order valence-electron chi connectivity index (χ1n) is 11.8. The normalized spacial score (nSPS) is 19.6. The van der Waals surface area contributed by atoms with E-state index in [1.807, 2.05) is 35.2 Å². The first-order chi connectivity index (χ1) is 15.2. The predicted octanol–water partition coefficient (Wildman–Crippen LogP) is 4.88. The first-order valence-corrected chi connectivity index (χ1v) is 11.8. The van der Waals surface area contributed by atoms with E-state index in [0.717, 1.165) is 50.0 Å². The molecule has 4 rings (SSSR count). The maximum absolute atomic E-state index is 13.1. The van der Waals surface area contributed by atoms with Crippen molar-refractivity contribution in [3.8, 4) is 5.75 Å². The molecule has 5 nitrogen and oxygen atoms in total. The number of carbonyl (C=O) groups is 1. The number of aromatic nitrogens is 1. The summed E-state index contributed by atoms with van der Waals surface area (Å²) in [7, 11) is 1.70. The topological polar surface area (TPSA) is 45.7 Å². The molecule has 0 bridgehead atoms. The molecule has 31 heavy (non-hydrogen) atoms. The second-order valence-electron chi connectivity index (χ2n) is 8.98. The van der Waals surface area contributed by atoms with Crippen LogP contribution in [0.2, 0.25) is 0 Å². The Kier molecular flexibility index (Phi) is 7.57. The fourth-order valence-electron chi connectivity index (χ4n) is 5.07. The number of likely N-dealkylation sites (tertiary alicyclic amines) is 1. The van der Waals surface area contributed by atoms with E-state index in [9.17, 15) is 4.79 Å². The van der Waals surface area contributed by atoms with E-state index in [1.165, 1.54) is 31.2 Å². The summed E-state index contributed by atoms with van der Waals surface area (Å²) in [6.45, 7) is 3.70. The minimum Gasteiger partial charge on any atom is -0.497 e. The van der Waals surface area contributed by atoms with Crippen molar-refractivity contribution in [2.75, 3.05) is 38.2 Å². The van der Waals surface area contributed by atoms with Gasteiger partial charge >= 0.3 is 0 Å². The number of hydrogen-bond donors (Lipinski definition) is 0. The summed E-state index contributed by atoms with van der Waals surface area (Å²) in [5, 5.41) is 0. The van der Waals surface area contributed by atoms with Gasteiger partial charge in [0.25, 0.3) is 0 Å². The van der Waals surface area contributed by atoms with Gasteiger partial charge in [0.05, 0.1) is 7.11 Å². The van der Waals surface area contributed by atoms with Gasteiger partial charge in [-0.1, -0.05) is 43.9 Å². The number of anilines is 1. The molecule has 1 aromatic carbocycles. The molecular weight excluding hydrogens is 386 g/mol. The molecule has 0 spiro atoms. The van der Waals surface area contributed by atoms with Crippen LogP contribution >= 0.6 is 0 Å². The van der Waals surface area contributed by atoms with Gasteiger partial charge in [0.1, 0.15) is 11.6 Å². The predicted molar refractivity (Wildman–Crippen MR) is 125 cm³/mol. The molecule has 2 heterocycles. The molecule has 1 aliphatic carbocycles. The van der Waals surface area contributed by atoms with E-state index < -0.39 is 0 Å². The van der Waals surface area contributed by atoms with E-state index in [0.29, 0.717) is 18.9 Å². The molecule has 1 aromatic heterocycles. The minimum atomic E-state index is 0.219. The largest absolute Gasteiger partial charge is 0.497 e. The Labute approximate surface area is 186 Å². The first kappa shape index (κ1) is 21.8. The summed E-state index contributed by atoms with van der Waals surface area (Å²) in [4.78, 5) is 22.0. The number of benzene rings is 1. The summed E-state index contributed by atoms with van der Waals surface area (Å²) in [6, 6.07) is 14.3. The summed E-state index contributed by atoms with van der Waals surface area (Å²) in [6.07, 6.45) is 9.82. The standard InChI is InChI=1S/C26H35N3O2/c1-31-24-12-10-22(11-13-24)23-15-17-28(20-23)18-19-29(25-8-4-5-16-27-25)26(30)14-9-21-6-2-3-7-21/h4-5,8,10-13,16,21,23H,2-3,6-7,9,14-15,17-20H2,1H3. The summed E-state index contributed by atoms with van der Waals surface area (Å²) in [5.74, 6) is 3.19. The monoisotopic (exact) mass is 421 g/mol. The maximum Gasteiger partial charge on any atom is 0.228 e. The van der Waals surface area contributed by atoms with Crippen LogP contribution in [0.4, 0.5) is 5.82 Å². The van der Waals surface area contributed by atoms with Crippen molar-refractivity contribution in [3.05, 3.63) is 54.2 Å². The van der Waals surface area contributed by atoms with Crippen molar-refractivity contribution in [3.63, 3.8) is 0 Å². The Morgan fingerprint density at radius 2 is 1.94 bits per heavy atom. The number of methoxy groups -OCH3 is 1. The number of nitrogens with zero attached hydrogens (tertiary/aromatic N) is 3. The molecule has 1 saturated carbocycles. The molecular formula is C26H35N3O2. The van der Waals surface area contributed by atoms with E-state index in [2.05, 4.69) is 22.0 Å². The van der Waals surface area contributed by atoms with Crippen LogP contribution in [-0.2, 0) is 4.79 Å². The molecule has 1 saturated heterocycles. The fourth-order valence-corrected chi connectivity index (χ4v) is 5.07. The molecule has 2 fully saturated rings. The maximum atomic E-state index is 13.1. The van der Waals surface area contributed by atoms with Gasteiger partial charge in [-0.25, -0.2) is 4.98 Å². The van der Waals surface area contributed by atoms with Gasteiger partial charge in [-0.15, -0.1) is 0 Å². The van der Waals surface area contributed by atoms with Gasteiger partial charge in [-0.2, -0.15) is 0 Å². The smallest absolute Gasteiger partial charge is 0.228 e. The lowest BCUT2D eigenvalue weighted by Gasteiger charge is -2.25. The third kappa shape index (κ3) is 5.85. The zero-order valence-electron chi connectivity index (χ0n) is 18.7. The third-order valence-corrected chi connectivity index (χ3v) is 6.97. The minimum absolute atomic E-state index is 0.219. The summed E-state index contributed by atoms with van der Waals surface area (Å²) in [5.41, 5.74) is 1.37. The van der Waals surface area contributed by atoms with Crippen LogP contribution in [-0.4, -0.2) is 49.1 Å². The average molecular weight is 422 g/mol. The zero-order chi connectivity index (χ0) is 21.5. The van der Waals surface area contributed by atoms with Crippen molar-refractivity contribution in [2.24, 2.45) is 5.92 Å². The van der Waals surface area contributed by atoms with Crippen LogP contribution in [0.5, 0.6) is 5.75 Å². The Balaban J connectivity index is 1.33. The van der Waals surface area contributed by atoms with E-state index in [-0.39, 0.29) is 5.91 Å². The van der Waals surface area contributed by atoms with Gasteiger partial charge in [0.15, 0.2) is 0 Å². The van der Waals surface area contributed by atoms with Crippen molar-refractivity contribution < 1.29 is 9.53 Å². The lowest BCUT2D eigenvalue weighted by Crippen LogP contribution is -2.38. The van der Waals surface area contributed by atoms with Crippen LogP contribution < -0.4 is 9.64 Å². The van der Waals surface area contributed by atoms with Crippen molar-refractivity contribution in [1.29, 1.82) is 0 Å². The van der Waals surface area contributed by atoms with Gasteiger partial charge in [0.2, 0.25) is 5.91 Å². The van der Waals surface area contributed by atoms with Crippen LogP contribution in [0.25, 0.3) is 0 Å². The highest BCUT2D eigenvalue weighted by Gasteiger charge is 2.26. The number of ether oxygens (including phenoxy) is 1. The second kappa shape index (κ2) is 10.8. The molecule has 5 heteroatoms. The van der Waals surface area contributed by atoms with Gasteiger partial charge < -0.3 is 9.64 Å². The molecule has 1 aliphatic heterocycles. The molecule has 2 aromatic rings. The molecule has 1 amide bonds. The Morgan fingerprint density at radius 1 is 1.13 bits per heavy atom. The summed E-state index contributed by atoms with van der Waals surface area (Å²) < 4.78 is 5.28. The lowest BCUT2D eigenvalue weighted by atomic mass is 9.98. The Bertz CT molecular complexity index is 818. The van der Waals surface area contributed by atoms with Crippen molar-refractivity contribution in [1.82, 2.24) is 9.88 Å². The van der Waals surface area contributed by atoms with Crippen LogP contribution in [0.1, 0.15) is 56.4 Å². The van der Waals surface area contributed by atoms with Crippen LogP contribution in [0.15, 0.2) is 48.7 Å². The van der Waals surface area contributed by atoms with Gasteiger partial charge in [-0.05, 0) is 61.1 Å². The number of carbonyl (C=O) groups excluding carboxylic acids is 1. The highest BCUT2D eigenvalue weighted by atomic mass is 16.5. The summed E-state index contributed by atoms with van der Waals surface area (Å²) >= 11 is 0. The van der Waals surface area contributed by atoms with E-state index in [4.69, 9.17) is 4.74 Å². The molecule has 166 valence electrons. The average Bonchev–Trinajstić information content (AvgIpc) is 3.51. The molecule has 1 unspecified atom stereocenters. The van der Waals surface area contributed by atoms with Crippen LogP contribution in [0, 0.1) is 5.92 Å². The van der Waals surface area contributed by atoms with Crippen LogP contribution in [0.3, 0.4) is 0 Å². The molecule has 2 aliphatic rings. The molecule has 1 atom stereocenters. The fraction of sp³-hybridized carbons (Fsp3) is 0.538. The second-order valence-corrected chi connectivity index (χ2v) is 8.98. The SMILES string of the molecule is COc1ccc(C2CCN(CCN(C(=O)CCC3CCCC3)c3ccccn3)C2)cc1. The highest BCUT2D eigenvalue weighted by molar-refractivity contribution is 5.92. The quantitative estimate of drug-likeness (QED) is 0.579. The van der Waals surface area contributed by atoms with Gasteiger partial charge in [-0.3, -0.25) is 9.69 Å². The highest BCUT2D eigenvalue weighted by Crippen LogP contribution is 2.30. The van der Waals surface area contributed by atoms with Gasteiger partial charge in [0, 0.05) is 32.3 Å². The van der Waals surface area contributed by atoms with E-state index >= 15 is 0 Å².